The number of aliphatic hydroxyl groups is 2. The summed E-state index contributed by atoms with van der Waals surface area (Å²) < 4.78 is 26.6. The number of ketones is 1. The van der Waals surface area contributed by atoms with E-state index in [0.717, 1.165) is 38.5 Å². The minimum Gasteiger partial charge on any atom is -0.498 e. The topological polar surface area (TPSA) is 160 Å². The summed E-state index contributed by atoms with van der Waals surface area (Å²) in [5.74, 6) is -1.23. The number of carbonyl (C=O) groups excluding carboxylic acids is 2. The molecular weight excluding hydrogens is 659 g/mol. The monoisotopic (exact) mass is 728 g/mol. The molecule has 0 unspecified atom stereocenters. The summed E-state index contributed by atoms with van der Waals surface area (Å²) in [5, 5.41) is 20.6. The molecule has 1 aliphatic carbocycles. The van der Waals surface area contributed by atoms with Crippen LogP contribution in [0.15, 0.2) is 36.6 Å². The number of allylic oxidation sites excluding steroid dienone is 4. The molecule has 0 aromatic heterocycles. The Balaban J connectivity index is 2.32. The molecule has 0 heterocycles. The van der Waals surface area contributed by atoms with E-state index < -0.39 is 44.6 Å². The van der Waals surface area contributed by atoms with E-state index in [9.17, 15) is 24.4 Å². The van der Waals surface area contributed by atoms with Crippen molar-refractivity contribution in [3.8, 4) is 0 Å². The number of phosphoric ester groups is 1. The average molecular weight is 729 g/mol. The molecular formula is C39H69O10P. The van der Waals surface area contributed by atoms with Gasteiger partial charge in [0.2, 0.25) is 0 Å². The Kier molecular flexibility index (Phi) is 27.5. The van der Waals surface area contributed by atoms with E-state index in [1.165, 1.54) is 70.5 Å². The third kappa shape index (κ3) is 25.2. The second-order valence-electron chi connectivity index (χ2n) is 13.8. The Morgan fingerprint density at radius 3 is 2.08 bits per heavy atom. The Morgan fingerprint density at radius 2 is 1.44 bits per heavy atom. The first-order chi connectivity index (χ1) is 24.1. The van der Waals surface area contributed by atoms with E-state index in [0.29, 0.717) is 25.7 Å². The Hall–Kier alpha value is -1.81. The molecule has 1 fully saturated rings. The molecule has 0 aromatic carbocycles. The van der Waals surface area contributed by atoms with E-state index in [1.807, 2.05) is 18.2 Å². The highest BCUT2D eigenvalue weighted by Gasteiger charge is 2.39. The normalized spacial score (nSPS) is 19.6. The van der Waals surface area contributed by atoms with Crippen LogP contribution in [0.1, 0.15) is 155 Å². The van der Waals surface area contributed by atoms with Gasteiger partial charge in [0.15, 0.2) is 6.10 Å². The molecule has 1 aliphatic rings. The second kappa shape index (κ2) is 29.7. The maximum atomic E-state index is 12.5. The number of esters is 1. The lowest BCUT2D eigenvalue weighted by atomic mass is 9.90. The van der Waals surface area contributed by atoms with Crippen molar-refractivity contribution >= 4 is 19.6 Å². The summed E-state index contributed by atoms with van der Waals surface area (Å²) in [4.78, 5) is 43.1. The zero-order valence-corrected chi connectivity index (χ0v) is 31.9. The summed E-state index contributed by atoms with van der Waals surface area (Å²) in [5.41, 5.74) is 0. The molecule has 290 valence electrons. The summed E-state index contributed by atoms with van der Waals surface area (Å²) in [6, 6.07) is 0. The number of hydrogen-bond acceptors (Lipinski definition) is 8. The standard InChI is InChI=1S/C39H69O10P/c1-3-5-7-8-9-10-11-12-13-14-15-16-19-23-29-47-31-34(32-48-50(44,45)46)49-39(43)26-22-18-17-21-25-35-36(38(42)30-37(35)41)28-27-33(40)24-20-6-4-2/h17,21,23,27-29,33-37,40-41H,3-16,18-20,22,24-26,30-32H2,1-2H3,(H2,44,45,46)/b21-17-,28-27+,29-23+/t33-,34+,35+,36+,37-/m0/s1. The van der Waals surface area contributed by atoms with Crippen LogP contribution in [0.4, 0.5) is 0 Å². The summed E-state index contributed by atoms with van der Waals surface area (Å²) in [6.07, 6.45) is 30.2. The fourth-order valence-electron chi connectivity index (χ4n) is 6.15. The molecule has 4 N–H and O–H groups in total. The van der Waals surface area contributed by atoms with Crippen molar-refractivity contribution in [1.82, 2.24) is 0 Å². The van der Waals surface area contributed by atoms with Gasteiger partial charge in [-0.2, -0.15) is 0 Å². The molecule has 11 heteroatoms. The van der Waals surface area contributed by atoms with Crippen LogP contribution in [0.5, 0.6) is 0 Å². The van der Waals surface area contributed by atoms with Crippen molar-refractivity contribution in [2.24, 2.45) is 11.8 Å². The van der Waals surface area contributed by atoms with Gasteiger partial charge in [-0.05, 0) is 44.6 Å². The molecule has 0 aromatic rings. The summed E-state index contributed by atoms with van der Waals surface area (Å²) in [7, 11) is -4.74. The summed E-state index contributed by atoms with van der Waals surface area (Å²) >= 11 is 0. The fraction of sp³-hybridized carbons (Fsp3) is 0.795. The van der Waals surface area contributed by atoms with Crippen LogP contribution >= 0.6 is 7.82 Å². The van der Waals surface area contributed by atoms with Gasteiger partial charge in [0.05, 0.1) is 25.1 Å². The first-order valence-electron chi connectivity index (χ1n) is 19.5. The first-order valence-corrected chi connectivity index (χ1v) is 21.0. The number of carbonyl (C=O) groups is 2. The number of rotatable bonds is 32. The van der Waals surface area contributed by atoms with Crippen LogP contribution in [-0.4, -0.2) is 63.3 Å². The smallest absolute Gasteiger partial charge is 0.469 e. The zero-order chi connectivity index (χ0) is 36.9. The lowest BCUT2D eigenvalue weighted by Gasteiger charge is -2.18. The van der Waals surface area contributed by atoms with Crippen LogP contribution in [0.25, 0.3) is 0 Å². The second-order valence-corrected chi connectivity index (χ2v) is 15.0. The molecule has 0 amide bonds. The summed E-state index contributed by atoms with van der Waals surface area (Å²) in [6.45, 7) is 3.77. The Labute approximate surface area is 302 Å². The minimum atomic E-state index is -4.74. The van der Waals surface area contributed by atoms with E-state index in [-0.39, 0.29) is 31.1 Å². The minimum absolute atomic E-state index is 0.0213. The lowest BCUT2D eigenvalue weighted by molar-refractivity contribution is -0.153. The quantitative estimate of drug-likeness (QED) is 0.0173. The number of Topliss-reactive ketones (excluding diaryl/α,β-unsaturated/α-hetero) is 1. The largest absolute Gasteiger partial charge is 0.498 e. The number of phosphoric acid groups is 1. The third-order valence-electron chi connectivity index (χ3n) is 9.13. The third-order valence-corrected chi connectivity index (χ3v) is 9.62. The highest BCUT2D eigenvalue weighted by atomic mass is 31.2. The van der Waals surface area contributed by atoms with Crippen LogP contribution in [0.3, 0.4) is 0 Å². The maximum absolute atomic E-state index is 12.5. The predicted molar refractivity (Wildman–Crippen MR) is 198 cm³/mol. The van der Waals surface area contributed by atoms with Crippen molar-refractivity contribution in [3.63, 3.8) is 0 Å². The van der Waals surface area contributed by atoms with Crippen molar-refractivity contribution in [2.75, 3.05) is 13.2 Å². The molecule has 1 saturated carbocycles. The van der Waals surface area contributed by atoms with Gasteiger partial charge in [0.25, 0.3) is 0 Å². The first kappa shape index (κ1) is 46.2. The zero-order valence-electron chi connectivity index (χ0n) is 31.0. The highest BCUT2D eigenvalue weighted by Crippen LogP contribution is 2.36. The number of unbranched alkanes of at least 4 members (excludes halogenated alkanes) is 15. The Bertz CT molecular complexity index is 1010. The number of hydrogen-bond donors (Lipinski definition) is 4. The van der Waals surface area contributed by atoms with Crippen LogP contribution < -0.4 is 0 Å². The Morgan fingerprint density at radius 1 is 0.840 bits per heavy atom. The number of ether oxygens (including phenoxy) is 2. The van der Waals surface area contributed by atoms with Gasteiger partial charge in [-0.15, -0.1) is 0 Å². The van der Waals surface area contributed by atoms with E-state index in [4.69, 9.17) is 19.3 Å². The van der Waals surface area contributed by atoms with Gasteiger partial charge >= 0.3 is 13.8 Å². The highest BCUT2D eigenvalue weighted by molar-refractivity contribution is 7.46. The SMILES string of the molecule is CCCCCCCCCCCCCC/C=C/OC[C@H](COP(=O)(O)O)OC(=O)CCC/C=C\C[C@H]1[C@@H](O)CC(=O)[C@@H]1/C=C/[C@@H](O)CCCCC. The van der Waals surface area contributed by atoms with Gasteiger partial charge in [-0.3, -0.25) is 14.1 Å². The predicted octanol–water partition coefficient (Wildman–Crippen LogP) is 8.81. The van der Waals surface area contributed by atoms with Crippen LogP contribution in [0.2, 0.25) is 0 Å². The van der Waals surface area contributed by atoms with E-state index >= 15 is 0 Å². The number of aliphatic hydroxyl groups excluding tert-OH is 2. The van der Waals surface area contributed by atoms with Gasteiger partial charge < -0.3 is 29.5 Å². The van der Waals surface area contributed by atoms with Crippen molar-refractivity contribution < 1.29 is 48.2 Å². The maximum Gasteiger partial charge on any atom is 0.469 e. The van der Waals surface area contributed by atoms with Gasteiger partial charge in [0.1, 0.15) is 12.4 Å². The lowest BCUT2D eigenvalue weighted by Crippen LogP contribution is -2.27. The molecule has 10 nitrogen and oxygen atoms in total. The van der Waals surface area contributed by atoms with Crippen molar-refractivity contribution in [1.29, 1.82) is 0 Å². The molecule has 0 spiro atoms. The average Bonchev–Trinajstić information content (AvgIpc) is 3.34. The van der Waals surface area contributed by atoms with Crippen molar-refractivity contribution in [3.05, 3.63) is 36.6 Å². The van der Waals surface area contributed by atoms with Crippen molar-refractivity contribution in [2.45, 2.75) is 173 Å². The van der Waals surface area contributed by atoms with Gasteiger partial charge in [-0.1, -0.05) is 128 Å². The van der Waals surface area contributed by atoms with E-state index in [2.05, 4.69) is 18.4 Å². The van der Waals surface area contributed by atoms with Crippen LogP contribution in [0, 0.1) is 11.8 Å². The molecule has 5 atom stereocenters. The van der Waals surface area contributed by atoms with Gasteiger partial charge in [-0.25, -0.2) is 4.57 Å². The van der Waals surface area contributed by atoms with Gasteiger partial charge in [0, 0.05) is 24.7 Å². The molecule has 0 aliphatic heterocycles. The molecule has 0 bridgehead atoms. The molecule has 1 rings (SSSR count). The molecule has 0 radical (unpaired) electrons. The molecule has 0 saturated heterocycles. The van der Waals surface area contributed by atoms with E-state index in [1.54, 1.807) is 12.2 Å². The molecule has 50 heavy (non-hydrogen) atoms. The van der Waals surface area contributed by atoms with Crippen LogP contribution in [-0.2, 0) is 28.2 Å². The fourth-order valence-corrected chi connectivity index (χ4v) is 6.51.